The fraction of sp³-hybridized carbons (Fsp3) is 0.263. The first-order valence-electron chi connectivity index (χ1n) is 8.98. The number of hydrogen-bond acceptors (Lipinski definition) is 8. The van der Waals surface area contributed by atoms with Gasteiger partial charge in [-0.2, -0.15) is 4.80 Å². The first-order chi connectivity index (χ1) is 14.7. The number of esters is 1. The van der Waals surface area contributed by atoms with Gasteiger partial charge in [0.05, 0.1) is 29.4 Å². The fourth-order valence-corrected chi connectivity index (χ4v) is 3.46. The molecule has 0 saturated carbocycles. The molecular formula is C19H18BrN5O6. The fourth-order valence-electron chi connectivity index (χ4n) is 2.92. The van der Waals surface area contributed by atoms with E-state index in [0.29, 0.717) is 15.8 Å². The topological polar surface area (TPSA) is 149 Å². The average Bonchev–Trinajstić information content (AvgIpc) is 3.31. The number of ketones is 1. The van der Waals surface area contributed by atoms with E-state index in [9.17, 15) is 19.5 Å². The lowest BCUT2D eigenvalue weighted by atomic mass is 9.99. The second-order valence-electron chi connectivity index (χ2n) is 6.41. The van der Waals surface area contributed by atoms with Crippen molar-refractivity contribution in [3.05, 3.63) is 45.1 Å². The predicted octanol–water partition coefficient (Wildman–Crippen LogP) is 2.24. The lowest BCUT2D eigenvalue weighted by molar-refractivity contribution is -0.141. The van der Waals surface area contributed by atoms with Crippen molar-refractivity contribution >= 4 is 33.7 Å². The Labute approximate surface area is 184 Å². The molecule has 0 spiro atoms. The minimum atomic E-state index is -1.30. The number of aromatic nitrogens is 5. The highest BCUT2D eigenvalue weighted by Crippen LogP contribution is 2.30. The third-order valence-electron chi connectivity index (χ3n) is 4.38. The number of tetrazole rings is 1. The Morgan fingerprint density at radius 3 is 2.65 bits per heavy atom. The van der Waals surface area contributed by atoms with Gasteiger partial charge in [0.2, 0.25) is 5.82 Å². The number of hydrogen-bond donors (Lipinski definition) is 2. The third kappa shape index (κ3) is 4.63. The van der Waals surface area contributed by atoms with Crippen LogP contribution in [0.25, 0.3) is 11.5 Å². The van der Waals surface area contributed by atoms with Gasteiger partial charge in [-0.3, -0.25) is 9.59 Å². The number of H-pyrrole nitrogens is 1. The number of benzene rings is 1. The number of carbonyl (C=O) groups excluding carboxylic acids is 2. The number of halogens is 1. The first-order valence-corrected chi connectivity index (χ1v) is 9.77. The molecule has 0 amide bonds. The summed E-state index contributed by atoms with van der Waals surface area (Å²) in [6, 6.07) is 4.71. The molecule has 2 aromatic heterocycles. The summed E-state index contributed by atoms with van der Waals surface area (Å²) in [5, 5.41) is 21.6. The van der Waals surface area contributed by atoms with Crippen molar-refractivity contribution in [2.45, 2.75) is 20.4 Å². The van der Waals surface area contributed by atoms with E-state index in [1.165, 1.54) is 18.8 Å². The lowest BCUT2D eigenvalue weighted by Gasteiger charge is -2.06. The molecule has 3 rings (SSSR count). The van der Waals surface area contributed by atoms with E-state index in [1.54, 1.807) is 25.1 Å². The van der Waals surface area contributed by atoms with E-state index in [-0.39, 0.29) is 41.5 Å². The standard InChI is InChI=1S/C19H18BrN5O6/c1-9-14(17(27)11-4-5-13(30-3)12(20)8-11)16(19(28)29)21-15(9)18-22-24-25(23-18)6-7-31-10(2)26/h4-5,8,21H,6-7H2,1-3H3,(H,28,29). The van der Waals surface area contributed by atoms with Crippen molar-refractivity contribution in [3.63, 3.8) is 0 Å². The van der Waals surface area contributed by atoms with Crippen LogP contribution in [-0.2, 0) is 16.1 Å². The number of aromatic carboxylic acids is 1. The molecule has 0 atom stereocenters. The molecule has 162 valence electrons. The summed E-state index contributed by atoms with van der Waals surface area (Å²) in [7, 11) is 1.50. The number of nitrogens with zero attached hydrogens (tertiary/aromatic N) is 4. The van der Waals surface area contributed by atoms with Crippen LogP contribution in [-0.4, -0.2) is 61.7 Å². The molecule has 2 N–H and O–H groups in total. The quantitative estimate of drug-likeness (QED) is 0.357. The Balaban J connectivity index is 1.97. The molecule has 12 heteroatoms. The summed E-state index contributed by atoms with van der Waals surface area (Å²) in [4.78, 5) is 39.7. The number of carboxylic acids is 1. The van der Waals surface area contributed by atoms with Gasteiger partial charge >= 0.3 is 11.9 Å². The maximum Gasteiger partial charge on any atom is 0.353 e. The average molecular weight is 492 g/mol. The van der Waals surface area contributed by atoms with Crippen molar-refractivity contribution in [1.29, 1.82) is 0 Å². The van der Waals surface area contributed by atoms with Crippen LogP contribution in [0.1, 0.15) is 38.9 Å². The van der Waals surface area contributed by atoms with E-state index in [4.69, 9.17) is 9.47 Å². The van der Waals surface area contributed by atoms with Crippen molar-refractivity contribution in [1.82, 2.24) is 25.2 Å². The van der Waals surface area contributed by atoms with Gasteiger partial charge in [-0.05, 0) is 51.8 Å². The van der Waals surface area contributed by atoms with Gasteiger partial charge in [0, 0.05) is 12.5 Å². The predicted molar refractivity (Wildman–Crippen MR) is 110 cm³/mol. The molecule has 3 aromatic rings. The summed E-state index contributed by atoms with van der Waals surface area (Å²) < 4.78 is 10.6. The van der Waals surface area contributed by atoms with Crippen LogP contribution in [0.3, 0.4) is 0 Å². The molecule has 0 radical (unpaired) electrons. The van der Waals surface area contributed by atoms with Crippen LogP contribution >= 0.6 is 15.9 Å². The van der Waals surface area contributed by atoms with E-state index in [1.807, 2.05) is 0 Å². The molecule has 0 saturated heterocycles. The molecule has 0 fully saturated rings. The number of carbonyl (C=O) groups is 3. The summed E-state index contributed by atoms with van der Waals surface area (Å²) in [5.41, 5.74) is 0.624. The first kappa shape index (κ1) is 22.2. The zero-order valence-electron chi connectivity index (χ0n) is 16.8. The Kier molecular flexibility index (Phi) is 6.49. The molecule has 11 nitrogen and oxygen atoms in total. The molecule has 2 heterocycles. The van der Waals surface area contributed by atoms with Crippen molar-refractivity contribution in [2.75, 3.05) is 13.7 Å². The summed E-state index contributed by atoms with van der Waals surface area (Å²) in [6.07, 6.45) is 0. The van der Waals surface area contributed by atoms with E-state index < -0.39 is 17.7 Å². The molecule has 0 bridgehead atoms. The molecule has 0 aliphatic heterocycles. The van der Waals surface area contributed by atoms with Crippen LogP contribution in [0.2, 0.25) is 0 Å². The second kappa shape index (κ2) is 9.08. The van der Waals surface area contributed by atoms with Gasteiger partial charge in [-0.25, -0.2) is 4.79 Å². The summed E-state index contributed by atoms with van der Waals surface area (Å²) in [5.74, 6) is -1.57. The highest BCUT2D eigenvalue weighted by Gasteiger charge is 2.28. The maximum atomic E-state index is 13.1. The minimum absolute atomic E-state index is 0.00386. The molecule has 0 aliphatic rings. The smallest absolute Gasteiger partial charge is 0.353 e. The number of nitrogens with one attached hydrogen (secondary N) is 1. The SMILES string of the molecule is COc1ccc(C(=O)c2c(C(=O)O)[nH]c(-c3nnn(CCOC(C)=O)n3)c2C)cc1Br. The number of aromatic amines is 1. The number of ether oxygens (including phenoxy) is 2. The van der Waals surface area contributed by atoms with Crippen LogP contribution in [0, 0.1) is 6.92 Å². The largest absolute Gasteiger partial charge is 0.496 e. The highest BCUT2D eigenvalue weighted by atomic mass is 79.9. The Bertz CT molecular complexity index is 1170. The van der Waals surface area contributed by atoms with Crippen molar-refractivity contribution < 1.29 is 29.0 Å². The van der Waals surface area contributed by atoms with Gasteiger partial charge in [0.1, 0.15) is 18.1 Å². The number of methoxy groups -OCH3 is 1. The third-order valence-corrected chi connectivity index (χ3v) is 5.00. The molecule has 31 heavy (non-hydrogen) atoms. The molecule has 1 aromatic carbocycles. The summed E-state index contributed by atoms with van der Waals surface area (Å²) >= 11 is 3.32. The number of rotatable bonds is 8. The van der Waals surface area contributed by atoms with Gasteiger partial charge < -0.3 is 19.6 Å². The van der Waals surface area contributed by atoms with Gasteiger partial charge in [-0.1, -0.05) is 0 Å². The number of carboxylic acid groups (broad SMARTS) is 1. The van der Waals surface area contributed by atoms with Gasteiger partial charge in [0.25, 0.3) is 0 Å². The molecule has 0 unspecified atom stereocenters. The lowest BCUT2D eigenvalue weighted by Crippen LogP contribution is -2.11. The van der Waals surface area contributed by atoms with Crippen LogP contribution in [0.4, 0.5) is 0 Å². The Morgan fingerprint density at radius 1 is 1.29 bits per heavy atom. The Morgan fingerprint density at radius 2 is 2.03 bits per heavy atom. The monoisotopic (exact) mass is 491 g/mol. The van der Waals surface area contributed by atoms with Crippen LogP contribution < -0.4 is 4.74 Å². The van der Waals surface area contributed by atoms with E-state index in [2.05, 4.69) is 36.3 Å². The van der Waals surface area contributed by atoms with Gasteiger partial charge in [-0.15, -0.1) is 10.2 Å². The van der Waals surface area contributed by atoms with E-state index in [0.717, 1.165) is 0 Å². The van der Waals surface area contributed by atoms with Crippen LogP contribution in [0.15, 0.2) is 22.7 Å². The van der Waals surface area contributed by atoms with E-state index >= 15 is 0 Å². The van der Waals surface area contributed by atoms with Crippen molar-refractivity contribution in [3.8, 4) is 17.3 Å². The van der Waals surface area contributed by atoms with Crippen LogP contribution in [0.5, 0.6) is 5.75 Å². The molecular weight excluding hydrogens is 474 g/mol. The van der Waals surface area contributed by atoms with Crippen molar-refractivity contribution in [2.24, 2.45) is 0 Å². The normalized spacial score (nSPS) is 10.7. The summed E-state index contributed by atoms with van der Waals surface area (Å²) in [6.45, 7) is 3.12. The second-order valence-corrected chi connectivity index (χ2v) is 7.26. The zero-order chi connectivity index (χ0) is 22.7. The zero-order valence-corrected chi connectivity index (χ0v) is 18.4. The minimum Gasteiger partial charge on any atom is -0.496 e. The Hall–Kier alpha value is -3.54. The highest BCUT2D eigenvalue weighted by molar-refractivity contribution is 9.10. The molecule has 0 aliphatic carbocycles. The maximum absolute atomic E-state index is 13.1. The van der Waals surface area contributed by atoms with Gasteiger partial charge in [0.15, 0.2) is 5.78 Å².